The molecule has 0 bridgehead atoms. The number of nitrogens with one attached hydrogen (secondary N) is 1. The topological polar surface area (TPSA) is 100 Å². The molecule has 10 nitrogen and oxygen atoms in total. The molecule has 2 fully saturated rings. The van der Waals surface area contributed by atoms with E-state index in [0.717, 1.165) is 18.8 Å². The van der Waals surface area contributed by atoms with Crippen molar-refractivity contribution in [2.75, 3.05) is 70.5 Å². The summed E-state index contributed by atoms with van der Waals surface area (Å²) in [6.45, 7) is 5.75. The van der Waals surface area contributed by atoms with E-state index >= 15 is 0 Å². The fourth-order valence-corrected chi connectivity index (χ4v) is 5.77. The highest BCUT2D eigenvalue weighted by molar-refractivity contribution is 7.89. The summed E-state index contributed by atoms with van der Waals surface area (Å²) in [5.41, 5.74) is 1.02. The number of morpholine rings is 1. The number of amides is 1. The first-order valence-electron chi connectivity index (χ1n) is 11.0. The van der Waals surface area contributed by atoms with Gasteiger partial charge in [0.2, 0.25) is 5.03 Å². The van der Waals surface area contributed by atoms with Gasteiger partial charge >= 0.3 is 0 Å². The molecule has 1 N–H and O–H groups in total. The van der Waals surface area contributed by atoms with E-state index in [1.807, 2.05) is 18.2 Å². The van der Waals surface area contributed by atoms with Crippen LogP contribution in [0, 0.1) is 0 Å². The third-order valence-corrected chi connectivity index (χ3v) is 7.92. The molecule has 0 saturated carbocycles. The molecule has 180 valence electrons. The number of sulfonamides is 1. The minimum Gasteiger partial charge on any atom is -0.379 e. The standard InChI is InChI=1S/C21H29ClN6O4S/c1-25-16-19(20(29)23-5-6-26-11-13-32-14-12-26)21(24-25)33(30,31)28-9-7-27(8-10-28)18-4-2-3-17(22)15-18/h2-4,15-16H,5-14H2,1H3,(H,23,29). The Balaban J connectivity index is 1.40. The predicted octanol–water partition coefficient (Wildman–Crippen LogP) is 0.646. The zero-order valence-electron chi connectivity index (χ0n) is 18.6. The average Bonchev–Trinajstić information content (AvgIpc) is 3.22. The summed E-state index contributed by atoms with van der Waals surface area (Å²) in [7, 11) is -2.30. The number of carbonyl (C=O) groups is 1. The molecule has 1 aromatic heterocycles. The normalized spacial score (nSPS) is 18.4. The molecule has 3 heterocycles. The molecule has 0 unspecified atom stereocenters. The third kappa shape index (κ3) is 5.67. The second kappa shape index (κ2) is 10.4. The summed E-state index contributed by atoms with van der Waals surface area (Å²) < 4.78 is 34.8. The Bertz CT molecular complexity index is 1080. The molecular weight excluding hydrogens is 468 g/mol. The first kappa shape index (κ1) is 24.0. The van der Waals surface area contributed by atoms with E-state index in [-0.39, 0.29) is 10.6 Å². The Morgan fingerprint density at radius 3 is 2.58 bits per heavy atom. The number of halogens is 1. The van der Waals surface area contributed by atoms with Gasteiger partial charge in [-0.05, 0) is 18.2 Å². The van der Waals surface area contributed by atoms with Crippen LogP contribution in [0.4, 0.5) is 5.69 Å². The second-order valence-electron chi connectivity index (χ2n) is 8.10. The lowest BCUT2D eigenvalue weighted by molar-refractivity contribution is 0.0383. The number of hydrogen-bond donors (Lipinski definition) is 1. The highest BCUT2D eigenvalue weighted by Gasteiger charge is 2.34. The van der Waals surface area contributed by atoms with Gasteiger partial charge in [0.05, 0.1) is 18.8 Å². The average molecular weight is 497 g/mol. The van der Waals surface area contributed by atoms with Gasteiger partial charge in [0, 0.05) is 76.3 Å². The van der Waals surface area contributed by atoms with Crippen molar-refractivity contribution < 1.29 is 17.9 Å². The third-order valence-electron chi connectivity index (χ3n) is 5.85. The molecule has 12 heteroatoms. The van der Waals surface area contributed by atoms with Crippen LogP contribution in [-0.2, 0) is 21.8 Å². The summed E-state index contributed by atoms with van der Waals surface area (Å²) in [5, 5.41) is 7.40. The van der Waals surface area contributed by atoms with Gasteiger partial charge in [0.25, 0.3) is 15.9 Å². The van der Waals surface area contributed by atoms with Crippen LogP contribution in [0.3, 0.4) is 0 Å². The van der Waals surface area contributed by atoms with Crippen molar-refractivity contribution in [3.8, 4) is 0 Å². The predicted molar refractivity (Wildman–Crippen MR) is 125 cm³/mol. The van der Waals surface area contributed by atoms with Crippen LogP contribution in [0.2, 0.25) is 5.02 Å². The summed E-state index contributed by atoms with van der Waals surface area (Å²) in [5.74, 6) is -0.438. The van der Waals surface area contributed by atoms with Crippen molar-refractivity contribution in [1.82, 2.24) is 24.3 Å². The van der Waals surface area contributed by atoms with Gasteiger partial charge in [-0.15, -0.1) is 0 Å². The minimum absolute atomic E-state index is 0.0664. The van der Waals surface area contributed by atoms with E-state index < -0.39 is 15.9 Å². The number of nitrogens with zero attached hydrogens (tertiary/aromatic N) is 5. The zero-order chi connectivity index (χ0) is 23.4. The number of aryl methyl sites for hydroxylation is 1. The first-order chi connectivity index (χ1) is 15.8. The quantitative estimate of drug-likeness (QED) is 0.600. The number of anilines is 1. The molecule has 2 aromatic rings. The van der Waals surface area contributed by atoms with Gasteiger partial charge in [-0.3, -0.25) is 14.4 Å². The monoisotopic (exact) mass is 496 g/mol. The molecule has 2 aliphatic heterocycles. The number of benzene rings is 1. The number of hydrogen-bond acceptors (Lipinski definition) is 7. The lowest BCUT2D eigenvalue weighted by Gasteiger charge is -2.35. The van der Waals surface area contributed by atoms with E-state index in [1.54, 1.807) is 13.1 Å². The minimum atomic E-state index is -3.92. The molecule has 0 radical (unpaired) electrons. The van der Waals surface area contributed by atoms with Crippen molar-refractivity contribution in [3.63, 3.8) is 0 Å². The fraction of sp³-hybridized carbons (Fsp3) is 0.524. The van der Waals surface area contributed by atoms with Gasteiger partial charge in [0.15, 0.2) is 0 Å². The number of rotatable bonds is 7. The van der Waals surface area contributed by atoms with Gasteiger partial charge in [-0.25, -0.2) is 8.42 Å². The van der Waals surface area contributed by atoms with Crippen LogP contribution in [0.5, 0.6) is 0 Å². The second-order valence-corrected chi connectivity index (χ2v) is 10.4. The SMILES string of the molecule is Cn1cc(C(=O)NCCN2CCOCC2)c(S(=O)(=O)N2CCN(c3cccc(Cl)c3)CC2)n1. The molecule has 1 aromatic carbocycles. The van der Waals surface area contributed by atoms with Gasteiger partial charge in [-0.2, -0.15) is 9.40 Å². The maximum absolute atomic E-state index is 13.4. The molecule has 0 atom stereocenters. The van der Waals surface area contributed by atoms with Crippen molar-refractivity contribution in [3.05, 3.63) is 41.0 Å². The maximum atomic E-state index is 13.4. The fourth-order valence-electron chi connectivity index (χ4n) is 4.04. The van der Waals surface area contributed by atoms with Crippen molar-refractivity contribution >= 4 is 33.2 Å². The largest absolute Gasteiger partial charge is 0.379 e. The number of piperazine rings is 1. The molecule has 1 amide bonds. The van der Waals surface area contributed by atoms with Crippen LogP contribution in [0.25, 0.3) is 0 Å². The molecule has 33 heavy (non-hydrogen) atoms. The molecule has 2 aliphatic rings. The lowest BCUT2D eigenvalue weighted by Crippen LogP contribution is -2.49. The number of ether oxygens (including phenoxy) is 1. The number of aromatic nitrogens is 2. The van der Waals surface area contributed by atoms with Crippen LogP contribution in [-0.4, -0.2) is 98.9 Å². The summed E-state index contributed by atoms with van der Waals surface area (Å²) in [4.78, 5) is 17.1. The van der Waals surface area contributed by atoms with Crippen LogP contribution in [0.15, 0.2) is 35.5 Å². The zero-order valence-corrected chi connectivity index (χ0v) is 20.2. The molecular formula is C21H29ClN6O4S. The van der Waals surface area contributed by atoms with Crippen LogP contribution >= 0.6 is 11.6 Å². The molecule has 0 spiro atoms. The van der Waals surface area contributed by atoms with Crippen molar-refractivity contribution in [2.24, 2.45) is 7.05 Å². The summed E-state index contributed by atoms with van der Waals surface area (Å²) >= 11 is 6.09. The summed E-state index contributed by atoms with van der Waals surface area (Å²) in [6.07, 6.45) is 1.46. The first-order valence-corrected chi connectivity index (χ1v) is 12.8. The maximum Gasteiger partial charge on any atom is 0.263 e. The van der Waals surface area contributed by atoms with E-state index in [1.165, 1.54) is 15.2 Å². The Kier molecular flexibility index (Phi) is 7.55. The Hall–Kier alpha value is -2.18. The smallest absolute Gasteiger partial charge is 0.263 e. The van der Waals surface area contributed by atoms with Gasteiger partial charge < -0.3 is 15.0 Å². The number of carbonyl (C=O) groups excluding carboxylic acids is 1. The van der Waals surface area contributed by atoms with Gasteiger partial charge in [-0.1, -0.05) is 17.7 Å². The van der Waals surface area contributed by atoms with E-state index in [2.05, 4.69) is 20.2 Å². The Labute approximate surface area is 199 Å². The summed E-state index contributed by atoms with van der Waals surface area (Å²) in [6, 6.07) is 7.50. The highest BCUT2D eigenvalue weighted by atomic mass is 35.5. The van der Waals surface area contributed by atoms with Gasteiger partial charge in [0.1, 0.15) is 0 Å². The van der Waals surface area contributed by atoms with E-state index in [4.69, 9.17) is 16.3 Å². The van der Waals surface area contributed by atoms with Crippen LogP contribution in [0.1, 0.15) is 10.4 Å². The van der Waals surface area contributed by atoms with E-state index in [0.29, 0.717) is 57.5 Å². The molecule has 2 saturated heterocycles. The Morgan fingerprint density at radius 2 is 1.88 bits per heavy atom. The highest BCUT2D eigenvalue weighted by Crippen LogP contribution is 2.24. The van der Waals surface area contributed by atoms with Crippen molar-refractivity contribution in [2.45, 2.75) is 5.03 Å². The molecule has 0 aliphatic carbocycles. The van der Waals surface area contributed by atoms with Crippen LogP contribution < -0.4 is 10.2 Å². The van der Waals surface area contributed by atoms with E-state index in [9.17, 15) is 13.2 Å². The lowest BCUT2D eigenvalue weighted by atomic mass is 10.2. The van der Waals surface area contributed by atoms with Crippen molar-refractivity contribution in [1.29, 1.82) is 0 Å². The molecule has 4 rings (SSSR count). The Morgan fingerprint density at radius 1 is 1.15 bits per heavy atom.